The van der Waals surface area contributed by atoms with Crippen molar-refractivity contribution in [1.82, 2.24) is 20.6 Å². The Kier molecular flexibility index (Phi) is 3.97. The third kappa shape index (κ3) is 3.23. The maximum Gasteiger partial charge on any atom is 0.270 e. The highest BCUT2D eigenvalue weighted by molar-refractivity contribution is 6.07. The first kappa shape index (κ1) is 14.2. The second kappa shape index (κ2) is 5.86. The summed E-state index contributed by atoms with van der Waals surface area (Å²) >= 11 is 0. The molecule has 0 aliphatic rings. The quantitative estimate of drug-likeness (QED) is 0.586. The monoisotopic (exact) mass is 292 g/mol. The third-order valence-electron chi connectivity index (χ3n) is 2.43. The second-order valence-electron chi connectivity index (χ2n) is 3.95. The van der Waals surface area contributed by atoms with Crippen molar-refractivity contribution in [2.45, 2.75) is 6.92 Å². The second-order valence-corrected chi connectivity index (χ2v) is 3.95. The maximum absolute atomic E-state index is 12.1. The molecule has 0 unspecified atom stereocenters. The molecule has 1 aromatic heterocycles. The number of anilines is 2. The number of aromatic amines is 1. The summed E-state index contributed by atoms with van der Waals surface area (Å²) < 4.78 is 4.96. The summed E-state index contributed by atoms with van der Waals surface area (Å²) in [4.78, 5) is 23.2. The van der Waals surface area contributed by atoms with Crippen molar-refractivity contribution < 1.29 is 19.4 Å². The summed E-state index contributed by atoms with van der Waals surface area (Å²) in [6.07, 6.45) is 0. The first-order chi connectivity index (χ1) is 10.0. The van der Waals surface area contributed by atoms with Gasteiger partial charge in [-0.2, -0.15) is 5.21 Å². The van der Waals surface area contributed by atoms with Crippen molar-refractivity contribution in [3.05, 3.63) is 17.7 Å². The van der Waals surface area contributed by atoms with Gasteiger partial charge < -0.3 is 15.2 Å². The van der Waals surface area contributed by atoms with Gasteiger partial charge in [-0.25, -0.2) is 0 Å². The fourth-order valence-corrected chi connectivity index (χ4v) is 1.60. The van der Waals surface area contributed by atoms with Crippen LogP contribution in [0.15, 0.2) is 12.1 Å². The van der Waals surface area contributed by atoms with E-state index in [-0.39, 0.29) is 28.9 Å². The molecule has 0 bridgehead atoms. The maximum atomic E-state index is 12.1. The lowest BCUT2D eigenvalue weighted by atomic mass is 10.1. The molecule has 0 saturated heterocycles. The van der Waals surface area contributed by atoms with Crippen molar-refractivity contribution in [1.29, 1.82) is 0 Å². The van der Waals surface area contributed by atoms with Crippen LogP contribution in [0.25, 0.3) is 0 Å². The number of hydrogen-bond acceptors (Lipinski definition) is 7. The van der Waals surface area contributed by atoms with Crippen LogP contribution < -0.4 is 15.4 Å². The molecule has 0 atom stereocenters. The number of phenolic OH excluding ortho intramolecular Hbond substituents is 1. The fourth-order valence-electron chi connectivity index (χ4n) is 1.60. The third-order valence-corrected chi connectivity index (χ3v) is 2.43. The van der Waals surface area contributed by atoms with Gasteiger partial charge in [0.25, 0.3) is 11.9 Å². The molecular weight excluding hydrogens is 280 g/mol. The highest BCUT2D eigenvalue weighted by Crippen LogP contribution is 2.33. The van der Waals surface area contributed by atoms with E-state index in [2.05, 4.69) is 31.3 Å². The van der Waals surface area contributed by atoms with Gasteiger partial charge in [0.1, 0.15) is 0 Å². The summed E-state index contributed by atoms with van der Waals surface area (Å²) in [7, 11) is 1.33. The Morgan fingerprint density at radius 3 is 2.67 bits per heavy atom. The Morgan fingerprint density at radius 2 is 2.10 bits per heavy atom. The lowest BCUT2D eigenvalue weighted by Gasteiger charge is -2.11. The van der Waals surface area contributed by atoms with Crippen LogP contribution >= 0.6 is 0 Å². The molecule has 21 heavy (non-hydrogen) atoms. The Morgan fingerprint density at radius 1 is 1.33 bits per heavy atom. The molecule has 2 rings (SSSR count). The number of nitrogens with one attached hydrogen (secondary N) is 3. The van der Waals surface area contributed by atoms with Crippen LogP contribution in [0.5, 0.6) is 11.5 Å². The molecule has 4 N–H and O–H groups in total. The highest BCUT2D eigenvalue weighted by atomic mass is 16.5. The van der Waals surface area contributed by atoms with E-state index < -0.39 is 5.91 Å². The zero-order chi connectivity index (χ0) is 15.4. The highest BCUT2D eigenvalue weighted by Gasteiger charge is 2.18. The number of amides is 2. The number of aromatic hydroxyl groups is 1. The lowest BCUT2D eigenvalue weighted by molar-refractivity contribution is -0.114. The number of ether oxygens (including phenoxy) is 1. The molecular formula is C11H12N6O4. The summed E-state index contributed by atoms with van der Waals surface area (Å²) in [5.74, 6) is -1.39. The predicted octanol–water partition coefficient (Wildman–Crippen LogP) is 0.125. The van der Waals surface area contributed by atoms with Crippen molar-refractivity contribution in [3.63, 3.8) is 0 Å². The van der Waals surface area contributed by atoms with Gasteiger partial charge in [0.2, 0.25) is 5.91 Å². The van der Waals surface area contributed by atoms with E-state index in [1.165, 1.54) is 26.2 Å². The van der Waals surface area contributed by atoms with Crippen LogP contribution in [0.3, 0.4) is 0 Å². The van der Waals surface area contributed by atoms with Crippen LogP contribution in [0.2, 0.25) is 0 Å². The van der Waals surface area contributed by atoms with E-state index in [1.807, 2.05) is 0 Å². The molecule has 2 aromatic rings. The Hall–Kier alpha value is -3.17. The summed E-state index contributed by atoms with van der Waals surface area (Å²) in [5, 5.41) is 27.4. The van der Waals surface area contributed by atoms with Gasteiger partial charge in [0.05, 0.1) is 12.7 Å². The first-order valence-electron chi connectivity index (χ1n) is 5.74. The minimum Gasteiger partial charge on any atom is -0.504 e. The number of carbonyl (C=O) groups excluding carboxylic acids is 2. The topological polar surface area (TPSA) is 142 Å². The van der Waals surface area contributed by atoms with Gasteiger partial charge >= 0.3 is 0 Å². The number of hydrogen-bond donors (Lipinski definition) is 4. The molecule has 10 nitrogen and oxygen atoms in total. The minimum atomic E-state index is -0.681. The number of phenols is 1. The fraction of sp³-hybridized carbons (Fsp3) is 0.182. The Balaban J connectivity index is 2.36. The van der Waals surface area contributed by atoms with Gasteiger partial charge in [0, 0.05) is 18.7 Å². The Labute approximate surface area is 118 Å². The first-order valence-corrected chi connectivity index (χ1v) is 5.74. The normalized spacial score (nSPS) is 10.0. The SMILES string of the molecule is COc1cc(NC(C)=O)cc(C(=O)Nc2nn[nH]n2)c1O. The van der Waals surface area contributed by atoms with Crippen LogP contribution in [0.1, 0.15) is 17.3 Å². The molecule has 0 saturated carbocycles. The molecule has 2 amide bonds. The zero-order valence-corrected chi connectivity index (χ0v) is 11.2. The van der Waals surface area contributed by atoms with Crippen molar-refractivity contribution >= 4 is 23.5 Å². The van der Waals surface area contributed by atoms with Crippen LogP contribution in [-0.2, 0) is 4.79 Å². The van der Waals surface area contributed by atoms with Gasteiger partial charge in [-0.1, -0.05) is 5.10 Å². The molecule has 1 heterocycles. The standard InChI is InChI=1S/C11H12N6O4/c1-5(18)12-6-3-7(9(19)8(4-6)21-2)10(20)13-11-14-16-17-15-11/h3-4,19H,1-2H3,(H,12,18)(H2,13,14,15,16,17,20). The van der Waals surface area contributed by atoms with Gasteiger partial charge in [-0.05, 0) is 11.3 Å². The van der Waals surface area contributed by atoms with Crippen molar-refractivity contribution in [2.24, 2.45) is 0 Å². The zero-order valence-electron chi connectivity index (χ0n) is 11.2. The van der Waals surface area contributed by atoms with E-state index in [0.717, 1.165) is 0 Å². The van der Waals surface area contributed by atoms with E-state index in [9.17, 15) is 14.7 Å². The number of nitrogens with zero attached hydrogens (tertiary/aromatic N) is 3. The lowest BCUT2D eigenvalue weighted by Crippen LogP contribution is -2.15. The van der Waals surface area contributed by atoms with Crippen LogP contribution in [0, 0.1) is 0 Å². The molecule has 1 aromatic carbocycles. The summed E-state index contributed by atoms with van der Waals surface area (Å²) in [5.41, 5.74) is 0.193. The molecule has 110 valence electrons. The van der Waals surface area contributed by atoms with Gasteiger partial charge in [0.15, 0.2) is 11.5 Å². The summed E-state index contributed by atoms with van der Waals surface area (Å²) in [6.45, 7) is 1.32. The number of rotatable bonds is 4. The number of benzene rings is 1. The summed E-state index contributed by atoms with van der Waals surface area (Å²) in [6, 6.07) is 2.69. The van der Waals surface area contributed by atoms with E-state index in [1.54, 1.807) is 0 Å². The molecule has 0 fully saturated rings. The predicted molar refractivity (Wildman–Crippen MR) is 71.1 cm³/mol. The molecule has 0 aliphatic heterocycles. The van der Waals surface area contributed by atoms with Crippen LogP contribution in [0.4, 0.5) is 11.6 Å². The average molecular weight is 292 g/mol. The molecule has 0 aliphatic carbocycles. The van der Waals surface area contributed by atoms with Gasteiger partial charge in [-0.3, -0.25) is 14.9 Å². The number of aromatic nitrogens is 4. The molecule has 0 spiro atoms. The number of methoxy groups -OCH3 is 1. The van der Waals surface area contributed by atoms with Crippen LogP contribution in [-0.4, -0.2) is 44.7 Å². The molecule has 0 radical (unpaired) electrons. The number of H-pyrrole nitrogens is 1. The minimum absolute atomic E-state index is 0.0412. The Bertz CT molecular complexity index is 670. The van der Waals surface area contributed by atoms with E-state index >= 15 is 0 Å². The van der Waals surface area contributed by atoms with Crippen molar-refractivity contribution in [2.75, 3.05) is 17.7 Å². The van der Waals surface area contributed by atoms with E-state index in [4.69, 9.17) is 4.74 Å². The number of carbonyl (C=O) groups is 2. The molecule has 10 heteroatoms. The van der Waals surface area contributed by atoms with E-state index in [0.29, 0.717) is 5.69 Å². The average Bonchev–Trinajstić information content (AvgIpc) is 2.92. The number of tetrazole rings is 1. The smallest absolute Gasteiger partial charge is 0.270 e. The van der Waals surface area contributed by atoms with Gasteiger partial charge in [-0.15, -0.1) is 5.10 Å². The largest absolute Gasteiger partial charge is 0.504 e. The van der Waals surface area contributed by atoms with Crippen molar-refractivity contribution in [3.8, 4) is 11.5 Å².